The molecule has 1 aromatic heterocycles. The van der Waals surface area contributed by atoms with E-state index < -0.39 is 0 Å². The summed E-state index contributed by atoms with van der Waals surface area (Å²) in [5, 5.41) is 8.19. The minimum absolute atomic E-state index is 0.432. The molecule has 0 aromatic carbocycles. The van der Waals surface area contributed by atoms with Gasteiger partial charge in [-0.1, -0.05) is 25.4 Å². The van der Waals surface area contributed by atoms with Gasteiger partial charge in [0.1, 0.15) is 0 Å². The van der Waals surface area contributed by atoms with Crippen LogP contribution in [0.15, 0.2) is 12.1 Å². The van der Waals surface area contributed by atoms with E-state index in [1.807, 2.05) is 13.1 Å². The quantitative estimate of drug-likeness (QED) is 0.748. The van der Waals surface area contributed by atoms with Gasteiger partial charge >= 0.3 is 0 Å². The minimum Gasteiger partial charge on any atom is -0.358 e. The Morgan fingerprint density at radius 1 is 1.38 bits per heavy atom. The van der Waals surface area contributed by atoms with Crippen LogP contribution in [0.1, 0.15) is 13.8 Å². The van der Waals surface area contributed by atoms with E-state index in [1.165, 1.54) is 0 Å². The molecule has 1 heterocycles. The monoisotopic (exact) mass is 199 g/mol. The Bertz CT molecular complexity index is 258. The first-order chi connectivity index (χ1) is 6.09. The molecule has 0 amide bonds. The third-order valence-electron chi connectivity index (χ3n) is 1.65. The van der Waals surface area contributed by atoms with Crippen molar-refractivity contribution < 1.29 is 0 Å². The van der Waals surface area contributed by atoms with Gasteiger partial charge in [0.05, 0.1) is 0 Å². The molecule has 0 saturated heterocycles. The van der Waals surface area contributed by atoms with Crippen LogP contribution < -0.4 is 4.90 Å². The van der Waals surface area contributed by atoms with E-state index in [0.29, 0.717) is 11.1 Å². The molecule has 1 rings (SSSR count). The molecule has 0 aliphatic heterocycles. The Morgan fingerprint density at radius 2 is 2.08 bits per heavy atom. The molecule has 0 fully saturated rings. The Kier molecular flexibility index (Phi) is 3.48. The molecular weight excluding hydrogens is 186 g/mol. The van der Waals surface area contributed by atoms with Crippen LogP contribution in [-0.4, -0.2) is 23.8 Å². The zero-order valence-corrected chi connectivity index (χ0v) is 8.91. The van der Waals surface area contributed by atoms with Crippen LogP contribution in [0, 0.1) is 5.92 Å². The normalized spacial score (nSPS) is 10.5. The fourth-order valence-electron chi connectivity index (χ4n) is 1.15. The summed E-state index contributed by atoms with van der Waals surface area (Å²) in [6, 6.07) is 3.62. The lowest BCUT2D eigenvalue weighted by Crippen LogP contribution is -2.23. The molecule has 0 bridgehead atoms. The molecular formula is C9H14ClN3. The molecule has 0 aliphatic carbocycles. The number of rotatable bonds is 3. The summed E-state index contributed by atoms with van der Waals surface area (Å²) in [5.74, 6) is 1.47. The van der Waals surface area contributed by atoms with E-state index in [0.717, 1.165) is 12.4 Å². The number of hydrogen-bond donors (Lipinski definition) is 0. The first kappa shape index (κ1) is 10.3. The second-order valence-corrected chi connectivity index (χ2v) is 3.88. The highest BCUT2D eigenvalue weighted by Gasteiger charge is 2.04. The predicted molar refractivity (Wildman–Crippen MR) is 55.2 cm³/mol. The van der Waals surface area contributed by atoms with E-state index in [9.17, 15) is 0 Å². The molecule has 0 unspecified atom stereocenters. The van der Waals surface area contributed by atoms with Crippen LogP contribution in [0.3, 0.4) is 0 Å². The summed E-state index contributed by atoms with van der Waals surface area (Å²) >= 11 is 5.63. The van der Waals surface area contributed by atoms with Gasteiger partial charge in [-0.05, 0) is 18.1 Å². The summed E-state index contributed by atoms with van der Waals surface area (Å²) in [4.78, 5) is 2.06. The second-order valence-electron chi connectivity index (χ2n) is 3.49. The fourth-order valence-corrected chi connectivity index (χ4v) is 1.25. The summed E-state index contributed by atoms with van der Waals surface area (Å²) in [6.07, 6.45) is 0. The molecule has 1 aromatic rings. The van der Waals surface area contributed by atoms with Crippen LogP contribution in [-0.2, 0) is 0 Å². The third-order valence-corrected chi connectivity index (χ3v) is 1.85. The van der Waals surface area contributed by atoms with Crippen molar-refractivity contribution in [2.75, 3.05) is 18.5 Å². The van der Waals surface area contributed by atoms with Crippen molar-refractivity contribution in [3.8, 4) is 0 Å². The number of hydrogen-bond acceptors (Lipinski definition) is 3. The molecule has 0 saturated carbocycles. The fraction of sp³-hybridized carbons (Fsp3) is 0.556. The van der Waals surface area contributed by atoms with Crippen molar-refractivity contribution in [1.82, 2.24) is 10.2 Å². The Balaban J connectivity index is 2.66. The Morgan fingerprint density at radius 3 is 2.54 bits per heavy atom. The zero-order valence-electron chi connectivity index (χ0n) is 8.16. The topological polar surface area (TPSA) is 29.0 Å². The van der Waals surface area contributed by atoms with Crippen molar-refractivity contribution in [2.45, 2.75) is 13.8 Å². The largest absolute Gasteiger partial charge is 0.358 e. The summed E-state index contributed by atoms with van der Waals surface area (Å²) in [7, 11) is 2.00. The average molecular weight is 200 g/mol. The van der Waals surface area contributed by atoms with Gasteiger partial charge in [-0.25, -0.2) is 0 Å². The lowest BCUT2D eigenvalue weighted by Gasteiger charge is -2.19. The average Bonchev–Trinajstić information content (AvgIpc) is 2.04. The molecule has 3 nitrogen and oxygen atoms in total. The summed E-state index contributed by atoms with van der Waals surface area (Å²) < 4.78 is 0. The van der Waals surface area contributed by atoms with Crippen molar-refractivity contribution in [2.24, 2.45) is 5.92 Å². The zero-order chi connectivity index (χ0) is 9.84. The van der Waals surface area contributed by atoms with Gasteiger partial charge in [0.25, 0.3) is 0 Å². The molecule has 13 heavy (non-hydrogen) atoms. The first-order valence-electron chi connectivity index (χ1n) is 4.30. The SMILES string of the molecule is CC(C)CN(C)c1ccc(Cl)nn1. The van der Waals surface area contributed by atoms with E-state index in [-0.39, 0.29) is 0 Å². The molecule has 0 atom stereocenters. The first-order valence-corrected chi connectivity index (χ1v) is 4.67. The van der Waals surface area contributed by atoms with Crippen LogP contribution in [0.2, 0.25) is 5.15 Å². The standard InChI is InChI=1S/C9H14ClN3/c1-7(2)6-13(3)9-5-4-8(10)11-12-9/h4-5,7H,6H2,1-3H3. The smallest absolute Gasteiger partial charge is 0.151 e. The van der Waals surface area contributed by atoms with Crippen LogP contribution in [0.25, 0.3) is 0 Å². The molecule has 4 heteroatoms. The molecule has 72 valence electrons. The van der Waals surface area contributed by atoms with Crippen LogP contribution in [0.4, 0.5) is 5.82 Å². The van der Waals surface area contributed by atoms with E-state index in [1.54, 1.807) is 6.07 Å². The molecule has 0 spiro atoms. The number of aromatic nitrogens is 2. The van der Waals surface area contributed by atoms with Gasteiger partial charge in [-0.3, -0.25) is 0 Å². The lowest BCUT2D eigenvalue weighted by atomic mass is 10.2. The Hall–Kier alpha value is -0.830. The second kappa shape index (κ2) is 4.42. The van der Waals surface area contributed by atoms with Gasteiger partial charge in [-0.15, -0.1) is 10.2 Å². The lowest BCUT2D eigenvalue weighted by molar-refractivity contribution is 0.632. The maximum atomic E-state index is 5.63. The van der Waals surface area contributed by atoms with E-state index in [4.69, 9.17) is 11.6 Å². The van der Waals surface area contributed by atoms with Gasteiger partial charge < -0.3 is 4.90 Å². The van der Waals surface area contributed by atoms with Crippen LogP contribution in [0.5, 0.6) is 0 Å². The van der Waals surface area contributed by atoms with Gasteiger partial charge in [0.15, 0.2) is 11.0 Å². The summed E-state index contributed by atoms with van der Waals surface area (Å²) in [5.41, 5.74) is 0. The number of nitrogens with zero attached hydrogens (tertiary/aromatic N) is 3. The van der Waals surface area contributed by atoms with Gasteiger partial charge in [-0.2, -0.15) is 0 Å². The van der Waals surface area contributed by atoms with E-state index in [2.05, 4.69) is 28.9 Å². The van der Waals surface area contributed by atoms with E-state index >= 15 is 0 Å². The van der Waals surface area contributed by atoms with Gasteiger partial charge in [0.2, 0.25) is 0 Å². The minimum atomic E-state index is 0.432. The highest BCUT2D eigenvalue weighted by atomic mass is 35.5. The van der Waals surface area contributed by atoms with Gasteiger partial charge in [0, 0.05) is 13.6 Å². The molecule has 0 aliphatic rings. The highest BCUT2D eigenvalue weighted by molar-refractivity contribution is 6.29. The maximum Gasteiger partial charge on any atom is 0.151 e. The number of anilines is 1. The Labute approximate surface area is 83.7 Å². The van der Waals surface area contributed by atoms with Crippen LogP contribution >= 0.6 is 11.6 Å². The molecule has 0 radical (unpaired) electrons. The van der Waals surface area contributed by atoms with Crippen molar-refractivity contribution in [3.63, 3.8) is 0 Å². The van der Waals surface area contributed by atoms with Crippen molar-refractivity contribution >= 4 is 17.4 Å². The highest BCUT2D eigenvalue weighted by Crippen LogP contribution is 2.11. The number of halogens is 1. The predicted octanol–water partition coefficient (Wildman–Crippen LogP) is 2.22. The van der Waals surface area contributed by atoms with Crippen molar-refractivity contribution in [1.29, 1.82) is 0 Å². The van der Waals surface area contributed by atoms with Crippen molar-refractivity contribution in [3.05, 3.63) is 17.3 Å². The molecule has 0 N–H and O–H groups in total. The maximum absolute atomic E-state index is 5.63. The summed E-state index contributed by atoms with van der Waals surface area (Å²) in [6.45, 7) is 5.30. The third kappa shape index (κ3) is 3.19.